The molecule has 0 heterocycles. The maximum atomic E-state index is 13.0. The second-order valence-electron chi connectivity index (χ2n) is 3.49. The Morgan fingerprint density at radius 1 is 1.33 bits per heavy atom. The molecule has 0 aliphatic rings. The van der Waals surface area contributed by atoms with E-state index in [1.54, 1.807) is 13.8 Å². The summed E-state index contributed by atoms with van der Waals surface area (Å²) >= 11 is 0. The van der Waals surface area contributed by atoms with Gasteiger partial charge in [0.05, 0.1) is 7.11 Å². The second kappa shape index (κ2) is 4.38. The van der Waals surface area contributed by atoms with Crippen LogP contribution in [0.4, 0.5) is 8.78 Å². The zero-order valence-electron chi connectivity index (χ0n) is 8.80. The van der Waals surface area contributed by atoms with Crippen molar-refractivity contribution in [3.63, 3.8) is 0 Å². The lowest BCUT2D eigenvalue weighted by molar-refractivity contribution is 0.0938. The number of benzene rings is 1. The summed E-state index contributed by atoms with van der Waals surface area (Å²) in [6.45, 7) is 3.38. The number of carbonyl (C=O) groups excluding carboxylic acids is 1. The van der Waals surface area contributed by atoms with Gasteiger partial charge in [-0.1, -0.05) is 13.8 Å². The smallest absolute Gasteiger partial charge is 0.200 e. The number of methoxy groups -OCH3 is 1. The molecule has 4 heteroatoms. The number of Topliss-reactive ketones (excluding diaryl/α,β-unsaturated/α-hetero) is 1. The van der Waals surface area contributed by atoms with Gasteiger partial charge in [-0.15, -0.1) is 0 Å². The summed E-state index contributed by atoms with van der Waals surface area (Å²) in [5, 5.41) is 0. The molecule has 0 aromatic heterocycles. The molecule has 0 spiro atoms. The molecule has 0 bridgehead atoms. The summed E-state index contributed by atoms with van der Waals surface area (Å²) in [5.41, 5.74) is 0.126. The second-order valence-corrected chi connectivity index (χ2v) is 3.49. The van der Waals surface area contributed by atoms with Crippen molar-refractivity contribution in [3.8, 4) is 5.75 Å². The number of halogens is 2. The van der Waals surface area contributed by atoms with Crippen LogP contribution in [0.2, 0.25) is 0 Å². The fourth-order valence-corrected chi connectivity index (χ4v) is 1.19. The van der Waals surface area contributed by atoms with Gasteiger partial charge in [0.1, 0.15) is 0 Å². The quantitative estimate of drug-likeness (QED) is 0.723. The van der Waals surface area contributed by atoms with Crippen LogP contribution in [0.25, 0.3) is 0 Å². The third kappa shape index (κ3) is 2.32. The van der Waals surface area contributed by atoms with E-state index in [-0.39, 0.29) is 23.0 Å². The van der Waals surface area contributed by atoms with Crippen molar-refractivity contribution in [2.45, 2.75) is 13.8 Å². The van der Waals surface area contributed by atoms with Gasteiger partial charge in [-0.2, -0.15) is 4.39 Å². The number of hydrogen-bond donors (Lipinski definition) is 0. The predicted octanol–water partition coefficient (Wildman–Crippen LogP) is 2.81. The van der Waals surface area contributed by atoms with Crippen molar-refractivity contribution >= 4 is 5.78 Å². The Kier molecular flexibility index (Phi) is 3.39. The van der Waals surface area contributed by atoms with Crippen molar-refractivity contribution < 1.29 is 18.3 Å². The molecule has 0 unspecified atom stereocenters. The van der Waals surface area contributed by atoms with Crippen LogP contribution in [0.5, 0.6) is 5.75 Å². The summed E-state index contributed by atoms with van der Waals surface area (Å²) in [6.07, 6.45) is 0. The van der Waals surface area contributed by atoms with Crippen LogP contribution >= 0.6 is 0 Å². The van der Waals surface area contributed by atoms with Gasteiger partial charge in [0.15, 0.2) is 17.3 Å². The predicted molar refractivity (Wildman–Crippen MR) is 52.1 cm³/mol. The highest BCUT2D eigenvalue weighted by Gasteiger charge is 2.17. The van der Waals surface area contributed by atoms with Crippen LogP contribution in [-0.4, -0.2) is 12.9 Å². The van der Waals surface area contributed by atoms with Gasteiger partial charge in [-0.3, -0.25) is 4.79 Å². The molecule has 1 aromatic rings. The van der Waals surface area contributed by atoms with E-state index >= 15 is 0 Å². The average molecular weight is 214 g/mol. The van der Waals surface area contributed by atoms with Gasteiger partial charge in [-0.05, 0) is 12.1 Å². The van der Waals surface area contributed by atoms with Crippen LogP contribution in [0.1, 0.15) is 24.2 Å². The highest BCUT2D eigenvalue weighted by molar-refractivity contribution is 5.97. The number of ketones is 1. The third-order valence-electron chi connectivity index (χ3n) is 2.02. The van der Waals surface area contributed by atoms with Crippen molar-refractivity contribution in [3.05, 3.63) is 29.3 Å². The molecule has 0 atom stereocenters. The molecule has 0 amide bonds. The first-order valence-corrected chi connectivity index (χ1v) is 4.54. The Balaban J connectivity index is 3.22. The lowest BCUT2D eigenvalue weighted by atomic mass is 10.0. The van der Waals surface area contributed by atoms with Crippen LogP contribution in [0, 0.1) is 17.6 Å². The van der Waals surface area contributed by atoms with Gasteiger partial charge < -0.3 is 4.74 Å². The topological polar surface area (TPSA) is 26.3 Å². The molecule has 0 radical (unpaired) electrons. The zero-order chi connectivity index (χ0) is 11.6. The van der Waals surface area contributed by atoms with Gasteiger partial charge >= 0.3 is 0 Å². The molecule has 0 N–H and O–H groups in total. The van der Waals surface area contributed by atoms with Crippen LogP contribution in [0.15, 0.2) is 12.1 Å². The molecule has 82 valence electrons. The molecule has 15 heavy (non-hydrogen) atoms. The molecule has 0 aliphatic carbocycles. The Labute approximate surface area is 86.9 Å². The van der Waals surface area contributed by atoms with Crippen molar-refractivity contribution in [2.24, 2.45) is 5.92 Å². The van der Waals surface area contributed by atoms with Gasteiger partial charge in [-0.25, -0.2) is 4.39 Å². The molecule has 2 nitrogen and oxygen atoms in total. The standard InChI is InChI=1S/C11H12F2O2/c1-6(2)11(14)7-4-8(12)10(13)9(5-7)15-3/h4-6H,1-3H3. The van der Waals surface area contributed by atoms with Gasteiger partial charge in [0.2, 0.25) is 5.82 Å². The molecular formula is C11H12F2O2. The number of carbonyl (C=O) groups is 1. The molecule has 1 aromatic carbocycles. The number of hydrogen-bond acceptors (Lipinski definition) is 2. The number of ether oxygens (including phenoxy) is 1. The van der Waals surface area contributed by atoms with Gasteiger partial charge in [0, 0.05) is 11.5 Å². The molecule has 1 rings (SSSR count). The SMILES string of the molecule is COc1cc(C(=O)C(C)C)cc(F)c1F. The average Bonchev–Trinajstić information content (AvgIpc) is 2.20. The monoisotopic (exact) mass is 214 g/mol. The van der Waals surface area contributed by atoms with E-state index in [0.29, 0.717) is 0 Å². The molecule has 0 aliphatic heterocycles. The van der Waals surface area contributed by atoms with Crippen LogP contribution in [0.3, 0.4) is 0 Å². The summed E-state index contributed by atoms with van der Waals surface area (Å²) < 4.78 is 30.7. The van der Waals surface area contributed by atoms with E-state index in [9.17, 15) is 13.6 Å². The van der Waals surface area contributed by atoms with Crippen LogP contribution < -0.4 is 4.74 Å². The first kappa shape index (κ1) is 11.6. The van der Waals surface area contributed by atoms with Crippen molar-refractivity contribution in [1.82, 2.24) is 0 Å². The first-order valence-electron chi connectivity index (χ1n) is 4.54. The summed E-state index contributed by atoms with van der Waals surface area (Å²) in [5.74, 6) is -2.90. The Hall–Kier alpha value is -1.45. The van der Waals surface area contributed by atoms with E-state index < -0.39 is 11.6 Å². The van der Waals surface area contributed by atoms with Crippen molar-refractivity contribution in [2.75, 3.05) is 7.11 Å². The lowest BCUT2D eigenvalue weighted by Crippen LogP contribution is -2.09. The summed E-state index contributed by atoms with van der Waals surface area (Å²) in [4.78, 5) is 11.5. The number of rotatable bonds is 3. The Morgan fingerprint density at radius 2 is 1.93 bits per heavy atom. The lowest BCUT2D eigenvalue weighted by Gasteiger charge is -2.08. The fraction of sp³-hybridized carbons (Fsp3) is 0.364. The third-order valence-corrected chi connectivity index (χ3v) is 2.02. The maximum Gasteiger partial charge on any atom is 0.200 e. The minimum atomic E-state index is -1.07. The fourth-order valence-electron chi connectivity index (χ4n) is 1.19. The molecular weight excluding hydrogens is 202 g/mol. The largest absolute Gasteiger partial charge is 0.494 e. The minimum Gasteiger partial charge on any atom is -0.494 e. The van der Waals surface area contributed by atoms with E-state index in [1.807, 2.05) is 0 Å². The van der Waals surface area contributed by atoms with E-state index in [2.05, 4.69) is 4.74 Å². The minimum absolute atomic E-state index is 0.126. The summed E-state index contributed by atoms with van der Waals surface area (Å²) in [6, 6.07) is 2.10. The Morgan fingerprint density at radius 3 is 2.40 bits per heavy atom. The van der Waals surface area contributed by atoms with Crippen LogP contribution in [-0.2, 0) is 0 Å². The zero-order valence-corrected chi connectivity index (χ0v) is 8.80. The highest BCUT2D eigenvalue weighted by Crippen LogP contribution is 2.23. The van der Waals surface area contributed by atoms with Crippen molar-refractivity contribution in [1.29, 1.82) is 0 Å². The Bertz CT molecular complexity index is 386. The summed E-state index contributed by atoms with van der Waals surface area (Å²) in [7, 11) is 1.22. The van der Waals surface area contributed by atoms with E-state index in [1.165, 1.54) is 13.2 Å². The maximum absolute atomic E-state index is 13.0. The van der Waals surface area contributed by atoms with E-state index in [0.717, 1.165) is 6.07 Å². The first-order chi connectivity index (χ1) is 6.97. The highest BCUT2D eigenvalue weighted by atomic mass is 19.2. The van der Waals surface area contributed by atoms with Gasteiger partial charge in [0.25, 0.3) is 0 Å². The normalized spacial score (nSPS) is 10.5. The van der Waals surface area contributed by atoms with E-state index in [4.69, 9.17) is 0 Å². The molecule has 0 saturated carbocycles. The molecule has 0 saturated heterocycles. The molecule has 0 fully saturated rings.